The van der Waals surface area contributed by atoms with Crippen LogP contribution in [0.4, 0.5) is 0 Å². The van der Waals surface area contributed by atoms with Gasteiger partial charge in [-0.05, 0) is 42.3 Å². The second-order valence-corrected chi connectivity index (χ2v) is 6.11. The minimum Gasteiger partial charge on any atom is -0.384 e. The number of hydrogen-bond donors (Lipinski definition) is 0. The average Bonchev–Trinajstić information content (AvgIpc) is 2.54. The summed E-state index contributed by atoms with van der Waals surface area (Å²) in [6, 6.07) is 14.4. The molecule has 0 N–H and O–H groups in total. The van der Waals surface area contributed by atoms with Crippen LogP contribution in [0.15, 0.2) is 53.4 Å². The van der Waals surface area contributed by atoms with Crippen LogP contribution in [0.2, 0.25) is 0 Å². The van der Waals surface area contributed by atoms with Crippen LogP contribution >= 0.6 is 0 Å². The molecule has 0 amide bonds. The van der Waals surface area contributed by atoms with Gasteiger partial charge in [-0.25, -0.2) is 0 Å². The van der Waals surface area contributed by atoms with Crippen molar-refractivity contribution in [2.45, 2.75) is 11.3 Å². The molecule has 114 valence electrons. The predicted octanol–water partition coefficient (Wildman–Crippen LogP) is 2.51. The van der Waals surface area contributed by atoms with Gasteiger partial charge < -0.3 is 8.92 Å². The van der Waals surface area contributed by atoms with Gasteiger partial charge in [-0.1, -0.05) is 18.2 Å². The lowest BCUT2D eigenvalue weighted by Crippen LogP contribution is -2.10. The van der Waals surface area contributed by atoms with E-state index in [2.05, 4.69) is 0 Å². The Morgan fingerprint density at radius 2 is 1.86 bits per heavy atom. The summed E-state index contributed by atoms with van der Waals surface area (Å²) in [5.74, 6) is 0.225. The summed E-state index contributed by atoms with van der Waals surface area (Å²) < 4.78 is 34.4. The van der Waals surface area contributed by atoms with E-state index < -0.39 is 10.1 Å². The molecule has 0 aliphatic rings. The first-order valence-electron chi connectivity index (χ1n) is 6.58. The maximum Gasteiger partial charge on any atom is 0.339 e. The van der Waals surface area contributed by atoms with E-state index >= 15 is 0 Å². The van der Waals surface area contributed by atoms with Crippen LogP contribution in [-0.4, -0.2) is 22.1 Å². The minimum atomic E-state index is -3.95. The Labute approximate surface area is 129 Å². The van der Waals surface area contributed by atoms with Crippen LogP contribution in [0.25, 0.3) is 0 Å². The van der Waals surface area contributed by atoms with Crippen molar-refractivity contribution in [1.82, 2.24) is 0 Å². The highest BCUT2D eigenvalue weighted by atomic mass is 32.2. The normalized spacial score (nSPS) is 10.9. The van der Waals surface area contributed by atoms with Crippen LogP contribution in [0, 0.1) is 11.3 Å². The summed E-state index contributed by atoms with van der Waals surface area (Å²) in [5, 5.41) is 8.82. The van der Waals surface area contributed by atoms with E-state index in [0.29, 0.717) is 6.61 Å². The molecule has 0 aromatic heterocycles. The molecular formula is C16H15NO4S. The second-order valence-electron chi connectivity index (χ2n) is 4.56. The Hall–Kier alpha value is -2.36. The van der Waals surface area contributed by atoms with E-state index in [9.17, 15) is 8.42 Å². The Balaban J connectivity index is 2.16. The van der Waals surface area contributed by atoms with Crippen LogP contribution in [0.3, 0.4) is 0 Å². The lowest BCUT2D eigenvalue weighted by Gasteiger charge is -2.08. The summed E-state index contributed by atoms with van der Waals surface area (Å²) in [6.07, 6.45) is 0.744. The number of ether oxygens (including phenoxy) is 1. The molecule has 2 aromatic rings. The Morgan fingerprint density at radius 1 is 1.14 bits per heavy atom. The number of nitrogens with zero attached hydrogens (tertiary/aromatic N) is 1. The topological polar surface area (TPSA) is 76.4 Å². The zero-order valence-corrected chi connectivity index (χ0v) is 12.8. The molecule has 22 heavy (non-hydrogen) atoms. The lowest BCUT2D eigenvalue weighted by atomic mass is 10.1. The first-order valence-corrected chi connectivity index (χ1v) is 7.98. The third kappa shape index (κ3) is 4.07. The standard InChI is InChI=1S/C16H15NO4S/c1-20-10-9-13-5-7-15(8-6-13)21-22(18,19)16-4-2-3-14(11-16)12-17/h2-8,11H,9-10H2,1H3. The molecule has 0 fully saturated rings. The zero-order chi connectivity index (χ0) is 16.0. The highest BCUT2D eigenvalue weighted by Crippen LogP contribution is 2.20. The van der Waals surface area contributed by atoms with Crippen molar-refractivity contribution in [2.75, 3.05) is 13.7 Å². The summed E-state index contributed by atoms with van der Waals surface area (Å²) in [7, 11) is -2.33. The molecule has 0 heterocycles. The van der Waals surface area contributed by atoms with E-state index in [-0.39, 0.29) is 16.2 Å². The van der Waals surface area contributed by atoms with E-state index in [0.717, 1.165) is 12.0 Å². The van der Waals surface area contributed by atoms with E-state index in [1.54, 1.807) is 31.4 Å². The van der Waals surface area contributed by atoms with Crippen molar-refractivity contribution < 1.29 is 17.3 Å². The van der Waals surface area contributed by atoms with Crippen molar-refractivity contribution in [3.63, 3.8) is 0 Å². The molecule has 0 aliphatic carbocycles. The van der Waals surface area contributed by atoms with Gasteiger partial charge in [0.2, 0.25) is 0 Å². The molecular weight excluding hydrogens is 302 g/mol. The van der Waals surface area contributed by atoms with Gasteiger partial charge in [0.1, 0.15) is 10.6 Å². The second kappa shape index (κ2) is 7.07. The molecule has 5 nitrogen and oxygen atoms in total. The van der Waals surface area contributed by atoms with Crippen LogP contribution in [-0.2, 0) is 21.3 Å². The summed E-state index contributed by atoms with van der Waals surface area (Å²) in [6.45, 7) is 0.597. The zero-order valence-electron chi connectivity index (χ0n) is 12.0. The number of hydrogen-bond acceptors (Lipinski definition) is 5. The Bertz CT molecular complexity index is 777. The highest BCUT2D eigenvalue weighted by Gasteiger charge is 2.17. The first kappa shape index (κ1) is 16.0. The maximum atomic E-state index is 12.2. The molecule has 0 bridgehead atoms. The summed E-state index contributed by atoms with van der Waals surface area (Å²) in [4.78, 5) is -0.0463. The monoisotopic (exact) mass is 317 g/mol. The van der Waals surface area contributed by atoms with Crippen molar-refractivity contribution >= 4 is 10.1 Å². The van der Waals surface area contributed by atoms with E-state index in [4.69, 9.17) is 14.2 Å². The summed E-state index contributed by atoms with van der Waals surface area (Å²) in [5.41, 5.74) is 1.29. The molecule has 0 spiro atoms. The molecule has 0 saturated carbocycles. The highest BCUT2D eigenvalue weighted by molar-refractivity contribution is 7.87. The van der Waals surface area contributed by atoms with Gasteiger partial charge in [0.05, 0.1) is 18.2 Å². The van der Waals surface area contributed by atoms with Crippen molar-refractivity contribution in [3.8, 4) is 11.8 Å². The maximum absolute atomic E-state index is 12.2. The largest absolute Gasteiger partial charge is 0.384 e. The third-order valence-corrected chi connectivity index (χ3v) is 4.22. The fourth-order valence-electron chi connectivity index (χ4n) is 1.83. The van der Waals surface area contributed by atoms with E-state index in [1.807, 2.05) is 6.07 Å². The van der Waals surface area contributed by atoms with Crippen molar-refractivity contribution in [2.24, 2.45) is 0 Å². The Kier molecular flexibility index (Phi) is 5.15. The van der Waals surface area contributed by atoms with Gasteiger partial charge in [-0.2, -0.15) is 13.7 Å². The SMILES string of the molecule is COCCc1ccc(OS(=O)(=O)c2cccc(C#N)c2)cc1. The van der Waals surface area contributed by atoms with Crippen molar-refractivity contribution in [3.05, 3.63) is 59.7 Å². The molecule has 0 radical (unpaired) electrons. The average molecular weight is 317 g/mol. The smallest absolute Gasteiger partial charge is 0.339 e. The van der Waals surface area contributed by atoms with Gasteiger partial charge in [0, 0.05) is 7.11 Å². The van der Waals surface area contributed by atoms with Gasteiger partial charge in [0.25, 0.3) is 0 Å². The van der Waals surface area contributed by atoms with Gasteiger partial charge in [-0.3, -0.25) is 0 Å². The van der Waals surface area contributed by atoms with Gasteiger partial charge >= 0.3 is 10.1 Å². The molecule has 0 unspecified atom stereocenters. The minimum absolute atomic E-state index is 0.0463. The molecule has 2 aromatic carbocycles. The van der Waals surface area contributed by atoms with Crippen LogP contribution in [0.5, 0.6) is 5.75 Å². The third-order valence-electron chi connectivity index (χ3n) is 2.98. The van der Waals surface area contributed by atoms with E-state index in [1.165, 1.54) is 24.3 Å². The fourth-order valence-corrected chi connectivity index (χ4v) is 2.80. The fraction of sp³-hybridized carbons (Fsp3) is 0.188. The quantitative estimate of drug-likeness (QED) is 0.765. The number of rotatable bonds is 6. The van der Waals surface area contributed by atoms with Gasteiger partial charge in [0.15, 0.2) is 0 Å². The first-order chi connectivity index (χ1) is 10.5. The molecule has 0 aliphatic heterocycles. The summed E-state index contributed by atoms with van der Waals surface area (Å²) >= 11 is 0. The lowest BCUT2D eigenvalue weighted by molar-refractivity contribution is 0.202. The molecule has 6 heteroatoms. The van der Waals surface area contributed by atoms with Crippen LogP contribution < -0.4 is 4.18 Å². The van der Waals surface area contributed by atoms with Crippen molar-refractivity contribution in [1.29, 1.82) is 5.26 Å². The number of nitriles is 1. The number of methoxy groups -OCH3 is 1. The Morgan fingerprint density at radius 3 is 2.50 bits per heavy atom. The van der Waals surface area contributed by atoms with Gasteiger partial charge in [-0.15, -0.1) is 0 Å². The molecule has 0 saturated heterocycles. The molecule has 0 atom stereocenters. The van der Waals surface area contributed by atoms with Crippen LogP contribution in [0.1, 0.15) is 11.1 Å². The predicted molar refractivity (Wildman–Crippen MR) is 81.0 cm³/mol. The number of benzene rings is 2. The molecule has 2 rings (SSSR count).